The Bertz CT molecular complexity index is 697. The van der Waals surface area contributed by atoms with E-state index in [9.17, 15) is 4.79 Å². The third-order valence-corrected chi connectivity index (χ3v) is 3.01. The van der Waals surface area contributed by atoms with Gasteiger partial charge in [-0.15, -0.1) is 0 Å². The van der Waals surface area contributed by atoms with Gasteiger partial charge in [-0.25, -0.2) is 9.78 Å². The van der Waals surface area contributed by atoms with Crippen molar-refractivity contribution in [3.05, 3.63) is 35.0 Å². The first-order chi connectivity index (χ1) is 9.55. The number of carboxylic acid groups (broad SMARTS) is 1. The number of aromatic nitrogens is 1. The van der Waals surface area contributed by atoms with Crippen LogP contribution in [-0.2, 0) is 4.79 Å². The number of methoxy groups -OCH3 is 2. The van der Waals surface area contributed by atoms with Gasteiger partial charge >= 0.3 is 5.97 Å². The molecule has 6 heteroatoms. The Hall–Kier alpha value is -2.27. The van der Waals surface area contributed by atoms with E-state index in [4.69, 9.17) is 26.2 Å². The maximum Gasteiger partial charge on any atom is 0.328 e. The fourth-order valence-electron chi connectivity index (χ4n) is 1.77. The Morgan fingerprint density at radius 2 is 1.90 bits per heavy atom. The molecule has 0 aliphatic rings. The van der Waals surface area contributed by atoms with Crippen molar-refractivity contribution in [3.63, 3.8) is 0 Å². The van der Waals surface area contributed by atoms with Crippen molar-refractivity contribution in [2.75, 3.05) is 14.2 Å². The third-order valence-electron chi connectivity index (χ3n) is 2.71. The van der Waals surface area contributed by atoms with Gasteiger partial charge < -0.3 is 14.6 Å². The highest BCUT2D eigenvalue weighted by Gasteiger charge is 2.09. The highest BCUT2D eigenvalue weighted by molar-refractivity contribution is 6.31. The molecule has 2 rings (SSSR count). The average Bonchev–Trinajstić information content (AvgIpc) is 2.43. The van der Waals surface area contributed by atoms with E-state index in [1.165, 1.54) is 20.3 Å². The van der Waals surface area contributed by atoms with Crippen LogP contribution in [0.25, 0.3) is 17.0 Å². The lowest BCUT2D eigenvalue weighted by Gasteiger charge is -2.09. The summed E-state index contributed by atoms with van der Waals surface area (Å²) in [6.07, 6.45) is 2.41. The molecule has 0 saturated heterocycles. The molecule has 2 aromatic rings. The largest absolute Gasteiger partial charge is 0.493 e. The van der Waals surface area contributed by atoms with E-state index in [1.54, 1.807) is 18.2 Å². The summed E-state index contributed by atoms with van der Waals surface area (Å²) < 4.78 is 10.4. The van der Waals surface area contributed by atoms with Crippen molar-refractivity contribution in [2.45, 2.75) is 0 Å². The number of hydrogen-bond acceptors (Lipinski definition) is 4. The fraction of sp³-hybridized carbons (Fsp3) is 0.143. The third kappa shape index (κ3) is 2.83. The Morgan fingerprint density at radius 1 is 1.25 bits per heavy atom. The second-order valence-corrected chi connectivity index (χ2v) is 4.30. The Morgan fingerprint density at radius 3 is 2.50 bits per heavy atom. The minimum Gasteiger partial charge on any atom is -0.493 e. The number of hydrogen-bond donors (Lipinski definition) is 1. The number of rotatable bonds is 4. The van der Waals surface area contributed by atoms with Crippen LogP contribution in [0.15, 0.2) is 24.3 Å². The van der Waals surface area contributed by atoms with E-state index in [0.717, 1.165) is 11.5 Å². The highest BCUT2D eigenvalue weighted by atomic mass is 35.5. The van der Waals surface area contributed by atoms with E-state index in [1.807, 2.05) is 0 Å². The van der Waals surface area contributed by atoms with Gasteiger partial charge in [-0.1, -0.05) is 11.6 Å². The van der Waals surface area contributed by atoms with Crippen molar-refractivity contribution >= 4 is 34.5 Å². The maximum atomic E-state index is 10.5. The molecular formula is C14H12ClNO4. The van der Waals surface area contributed by atoms with E-state index in [2.05, 4.69) is 4.98 Å². The topological polar surface area (TPSA) is 68.7 Å². The summed E-state index contributed by atoms with van der Waals surface area (Å²) >= 11 is 6.03. The van der Waals surface area contributed by atoms with Crippen molar-refractivity contribution < 1.29 is 19.4 Å². The quantitative estimate of drug-likeness (QED) is 0.693. The first-order valence-electron chi connectivity index (χ1n) is 5.68. The lowest BCUT2D eigenvalue weighted by Crippen LogP contribution is -1.93. The molecule has 1 N–H and O–H groups in total. The van der Waals surface area contributed by atoms with Crippen LogP contribution < -0.4 is 9.47 Å². The van der Waals surface area contributed by atoms with Crippen LogP contribution >= 0.6 is 11.6 Å². The zero-order valence-electron chi connectivity index (χ0n) is 10.9. The summed E-state index contributed by atoms with van der Waals surface area (Å²) in [4.78, 5) is 14.8. The molecule has 1 aromatic heterocycles. The molecule has 0 spiro atoms. The van der Waals surface area contributed by atoms with Crippen LogP contribution in [0.4, 0.5) is 0 Å². The van der Waals surface area contributed by atoms with Gasteiger partial charge in [-0.05, 0) is 18.2 Å². The molecule has 0 unspecified atom stereocenters. The molecule has 0 atom stereocenters. The minimum atomic E-state index is -1.05. The molecule has 0 aliphatic carbocycles. The van der Waals surface area contributed by atoms with Gasteiger partial charge in [0.25, 0.3) is 0 Å². The average molecular weight is 294 g/mol. The normalized spacial score (nSPS) is 10.9. The monoisotopic (exact) mass is 293 g/mol. The Kier molecular flexibility index (Phi) is 4.10. The van der Waals surface area contributed by atoms with E-state index >= 15 is 0 Å². The van der Waals surface area contributed by atoms with Crippen LogP contribution in [0, 0.1) is 0 Å². The van der Waals surface area contributed by atoms with Gasteiger partial charge in [0.2, 0.25) is 0 Å². The molecule has 1 aromatic carbocycles. The van der Waals surface area contributed by atoms with Gasteiger partial charge in [-0.3, -0.25) is 0 Å². The number of aliphatic carboxylic acids is 1. The Labute approximate surface area is 120 Å². The number of benzene rings is 1. The number of nitrogens with zero attached hydrogens (tertiary/aromatic N) is 1. The molecule has 0 bridgehead atoms. The van der Waals surface area contributed by atoms with Crippen LogP contribution in [0.5, 0.6) is 11.5 Å². The molecule has 1 heterocycles. The van der Waals surface area contributed by atoms with Crippen molar-refractivity contribution in [3.8, 4) is 11.5 Å². The number of carboxylic acids is 1. The van der Waals surface area contributed by atoms with Crippen molar-refractivity contribution in [1.29, 1.82) is 0 Å². The standard InChI is InChI=1S/C14H12ClNO4/c1-19-11-6-9-5-8(3-4-13(17)18)14(15)16-10(9)7-12(11)20-2/h3-7H,1-2H3,(H,17,18)/b4-3+. The van der Waals surface area contributed by atoms with Crippen LogP contribution in [-0.4, -0.2) is 30.3 Å². The molecule has 20 heavy (non-hydrogen) atoms. The van der Waals surface area contributed by atoms with Crippen molar-refractivity contribution in [2.24, 2.45) is 0 Å². The van der Waals surface area contributed by atoms with Crippen LogP contribution in [0.1, 0.15) is 5.56 Å². The number of fused-ring (bicyclic) bond motifs is 1. The van der Waals surface area contributed by atoms with Crippen molar-refractivity contribution in [1.82, 2.24) is 4.98 Å². The van der Waals surface area contributed by atoms with E-state index in [0.29, 0.717) is 22.6 Å². The lowest BCUT2D eigenvalue weighted by atomic mass is 10.1. The summed E-state index contributed by atoms with van der Waals surface area (Å²) in [5.74, 6) is 0.0724. The van der Waals surface area contributed by atoms with Crippen LogP contribution in [0.2, 0.25) is 5.15 Å². The first-order valence-corrected chi connectivity index (χ1v) is 6.06. The molecule has 0 saturated carbocycles. The summed E-state index contributed by atoms with van der Waals surface area (Å²) in [5, 5.41) is 9.64. The maximum absolute atomic E-state index is 10.5. The zero-order chi connectivity index (χ0) is 14.7. The molecule has 0 radical (unpaired) electrons. The number of pyridine rings is 1. The zero-order valence-corrected chi connectivity index (χ0v) is 11.6. The number of halogens is 1. The summed E-state index contributed by atoms with van der Waals surface area (Å²) in [6.45, 7) is 0. The van der Waals surface area contributed by atoms with Crippen LogP contribution in [0.3, 0.4) is 0 Å². The van der Waals surface area contributed by atoms with Gasteiger partial charge in [-0.2, -0.15) is 0 Å². The summed E-state index contributed by atoms with van der Waals surface area (Å²) in [6, 6.07) is 5.21. The first kappa shape index (κ1) is 14.1. The molecular weight excluding hydrogens is 282 g/mol. The second kappa shape index (κ2) is 5.79. The molecule has 0 amide bonds. The van der Waals surface area contributed by atoms with Gasteiger partial charge in [0, 0.05) is 23.1 Å². The van der Waals surface area contributed by atoms with Gasteiger partial charge in [0.15, 0.2) is 11.5 Å². The molecule has 104 valence electrons. The smallest absolute Gasteiger partial charge is 0.328 e. The Balaban J connectivity index is 2.60. The van der Waals surface area contributed by atoms with Gasteiger partial charge in [0.05, 0.1) is 19.7 Å². The molecule has 5 nitrogen and oxygen atoms in total. The SMILES string of the molecule is COc1cc2cc(/C=C/C(=O)O)c(Cl)nc2cc1OC. The molecule has 0 fully saturated rings. The minimum absolute atomic E-state index is 0.224. The van der Waals surface area contributed by atoms with Gasteiger partial charge in [0.1, 0.15) is 5.15 Å². The van der Waals surface area contributed by atoms with E-state index < -0.39 is 5.97 Å². The number of ether oxygens (including phenoxy) is 2. The molecule has 0 aliphatic heterocycles. The van der Waals surface area contributed by atoms with E-state index in [-0.39, 0.29) is 5.15 Å². The lowest BCUT2D eigenvalue weighted by molar-refractivity contribution is -0.131. The number of carbonyl (C=O) groups is 1. The second-order valence-electron chi connectivity index (χ2n) is 3.94. The predicted octanol–water partition coefficient (Wildman–Crippen LogP) is 3.00. The highest BCUT2D eigenvalue weighted by Crippen LogP contribution is 2.33. The summed E-state index contributed by atoms with van der Waals surface area (Å²) in [7, 11) is 3.08. The predicted molar refractivity (Wildman–Crippen MR) is 76.5 cm³/mol. The summed E-state index contributed by atoms with van der Waals surface area (Å²) in [5.41, 5.74) is 1.16. The fourth-order valence-corrected chi connectivity index (χ4v) is 1.98.